The number of hydrogen-bond donors (Lipinski definition) is 1. The number of nitrogens with two attached hydrogens (primary N) is 1. The van der Waals surface area contributed by atoms with Gasteiger partial charge in [-0.3, -0.25) is 0 Å². The minimum Gasteiger partial charge on any atom is -0.490 e. The van der Waals surface area contributed by atoms with Crippen LogP contribution in [-0.2, 0) is 0 Å². The first-order valence-corrected chi connectivity index (χ1v) is 4.44. The fraction of sp³-hybridized carbons (Fsp3) is 0.400. The molecule has 0 radical (unpaired) electrons. The van der Waals surface area contributed by atoms with Crippen molar-refractivity contribution in [2.24, 2.45) is 5.73 Å². The lowest BCUT2D eigenvalue weighted by Crippen LogP contribution is -2.08. The maximum absolute atomic E-state index is 13.1. The van der Waals surface area contributed by atoms with Gasteiger partial charge in [0, 0.05) is 11.5 Å². The van der Waals surface area contributed by atoms with Gasteiger partial charge in [-0.25, -0.2) is 4.39 Å². The summed E-state index contributed by atoms with van der Waals surface area (Å²) in [5.74, 6) is 0.425. The summed E-state index contributed by atoms with van der Waals surface area (Å²) in [5.41, 5.74) is 6.42. The summed E-state index contributed by atoms with van der Waals surface area (Å²) in [6.45, 7) is 1.18. The minimum atomic E-state index is -0.267. The molecule has 1 aliphatic rings. The van der Waals surface area contributed by atoms with Crippen LogP contribution < -0.4 is 10.5 Å². The van der Waals surface area contributed by atoms with E-state index in [1.165, 1.54) is 6.07 Å². The second-order valence-electron chi connectivity index (χ2n) is 3.24. The smallest absolute Gasteiger partial charge is 0.165 e. The Bertz CT molecular complexity index is 314. The lowest BCUT2D eigenvalue weighted by Gasteiger charge is -2.05. The van der Waals surface area contributed by atoms with E-state index in [1.54, 1.807) is 6.07 Å². The standard InChI is InChI=1S/C10H12FNO/c11-9-3-1-2-8-7(4-5-12)6-13-10(8)9/h1-3,7H,4-6,12H2. The number of fused-ring (bicyclic) bond motifs is 1. The number of rotatable bonds is 2. The molecule has 1 aromatic carbocycles. The summed E-state index contributed by atoms with van der Waals surface area (Å²) >= 11 is 0. The summed E-state index contributed by atoms with van der Waals surface area (Å²) in [6, 6.07) is 5.04. The molecule has 1 aromatic rings. The summed E-state index contributed by atoms with van der Waals surface area (Å²) in [4.78, 5) is 0. The van der Waals surface area contributed by atoms with Crippen LogP contribution in [0.15, 0.2) is 18.2 Å². The van der Waals surface area contributed by atoms with Crippen molar-refractivity contribution in [2.45, 2.75) is 12.3 Å². The zero-order valence-corrected chi connectivity index (χ0v) is 7.29. The first kappa shape index (κ1) is 8.51. The van der Waals surface area contributed by atoms with Crippen LogP contribution >= 0.6 is 0 Å². The summed E-state index contributed by atoms with van der Waals surface area (Å²) in [7, 11) is 0. The molecule has 2 nitrogen and oxygen atoms in total. The second kappa shape index (κ2) is 3.34. The quantitative estimate of drug-likeness (QED) is 0.753. The lowest BCUT2D eigenvalue weighted by atomic mass is 9.98. The van der Waals surface area contributed by atoms with Gasteiger partial charge in [-0.05, 0) is 19.0 Å². The van der Waals surface area contributed by atoms with Crippen molar-refractivity contribution < 1.29 is 9.13 Å². The van der Waals surface area contributed by atoms with E-state index in [0.29, 0.717) is 18.9 Å². The Morgan fingerprint density at radius 3 is 3.15 bits per heavy atom. The van der Waals surface area contributed by atoms with Crippen LogP contribution in [0.1, 0.15) is 17.9 Å². The topological polar surface area (TPSA) is 35.2 Å². The van der Waals surface area contributed by atoms with E-state index in [4.69, 9.17) is 10.5 Å². The van der Waals surface area contributed by atoms with Crippen LogP contribution in [0.25, 0.3) is 0 Å². The molecule has 1 unspecified atom stereocenters. The maximum atomic E-state index is 13.1. The summed E-state index contributed by atoms with van der Waals surface area (Å²) in [6.07, 6.45) is 0.858. The van der Waals surface area contributed by atoms with E-state index in [9.17, 15) is 4.39 Å². The van der Waals surface area contributed by atoms with Crippen LogP contribution in [0.3, 0.4) is 0 Å². The molecule has 0 saturated carbocycles. The SMILES string of the molecule is NCCC1COc2c(F)cccc21. The van der Waals surface area contributed by atoms with E-state index in [1.807, 2.05) is 6.07 Å². The molecule has 0 bridgehead atoms. The molecule has 3 heteroatoms. The predicted octanol–water partition coefficient (Wildman–Crippen LogP) is 1.65. The normalized spacial score (nSPS) is 19.7. The number of hydrogen-bond acceptors (Lipinski definition) is 2. The highest BCUT2D eigenvalue weighted by molar-refractivity contribution is 5.40. The van der Waals surface area contributed by atoms with Crippen LogP contribution in [0.4, 0.5) is 4.39 Å². The third-order valence-corrected chi connectivity index (χ3v) is 2.38. The largest absolute Gasteiger partial charge is 0.490 e. The molecule has 0 saturated heterocycles. The van der Waals surface area contributed by atoms with E-state index >= 15 is 0 Å². The van der Waals surface area contributed by atoms with Gasteiger partial charge in [0.05, 0.1) is 6.61 Å². The highest BCUT2D eigenvalue weighted by Crippen LogP contribution is 2.37. The van der Waals surface area contributed by atoms with Crippen LogP contribution in [0, 0.1) is 5.82 Å². The summed E-state index contributed by atoms with van der Waals surface area (Å²) in [5, 5.41) is 0. The number of ether oxygens (including phenoxy) is 1. The monoisotopic (exact) mass is 181 g/mol. The van der Waals surface area contributed by atoms with E-state index in [0.717, 1.165) is 12.0 Å². The van der Waals surface area contributed by atoms with Gasteiger partial charge >= 0.3 is 0 Å². The molecule has 0 aliphatic carbocycles. The third-order valence-electron chi connectivity index (χ3n) is 2.38. The first-order valence-electron chi connectivity index (χ1n) is 4.44. The van der Waals surface area contributed by atoms with Crippen molar-refractivity contribution in [3.05, 3.63) is 29.6 Å². The van der Waals surface area contributed by atoms with Gasteiger partial charge in [-0.1, -0.05) is 12.1 Å². The fourth-order valence-corrected chi connectivity index (χ4v) is 1.71. The zero-order chi connectivity index (χ0) is 9.26. The van der Waals surface area contributed by atoms with Gasteiger partial charge in [0.15, 0.2) is 11.6 Å². The Hall–Kier alpha value is -1.09. The van der Waals surface area contributed by atoms with Crippen molar-refractivity contribution in [3.8, 4) is 5.75 Å². The van der Waals surface area contributed by atoms with Crippen LogP contribution in [0.5, 0.6) is 5.75 Å². The van der Waals surface area contributed by atoms with Crippen LogP contribution in [0.2, 0.25) is 0 Å². The molecule has 70 valence electrons. The number of benzene rings is 1. The highest BCUT2D eigenvalue weighted by Gasteiger charge is 2.25. The molecule has 1 atom stereocenters. The van der Waals surface area contributed by atoms with E-state index in [2.05, 4.69) is 0 Å². The minimum absolute atomic E-state index is 0.267. The average molecular weight is 181 g/mol. The number of halogens is 1. The molecule has 1 aliphatic heterocycles. The Morgan fingerprint density at radius 2 is 2.38 bits per heavy atom. The molecule has 0 amide bonds. The fourth-order valence-electron chi connectivity index (χ4n) is 1.71. The molecule has 2 rings (SSSR count). The molecule has 1 heterocycles. The third kappa shape index (κ3) is 1.40. The van der Waals surface area contributed by atoms with E-state index in [-0.39, 0.29) is 11.7 Å². The van der Waals surface area contributed by atoms with Gasteiger partial charge in [-0.15, -0.1) is 0 Å². The predicted molar refractivity (Wildman–Crippen MR) is 48.3 cm³/mol. The molecule has 0 spiro atoms. The Morgan fingerprint density at radius 1 is 1.54 bits per heavy atom. The molecule has 13 heavy (non-hydrogen) atoms. The Balaban J connectivity index is 2.32. The highest BCUT2D eigenvalue weighted by atomic mass is 19.1. The van der Waals surface area contributed by atoms with Crippen molar-refractivity contribution in [3.63, 3.8) is 0 Å². The van der Waals surface area contributed by atoms with Crippen LogP contribution in [-0.4, -0.2) is 13.2 Å². The molecule has 2 N–H and O–H groups in total. The van der Waals surface area contributed by atoms with Crippen molar-refractivity contribution in [2.75, 3.05) is 13.2 Å². The van der Waals surface area contributed by atoms with Crippen molar-refractivity contribution >= 4 is 0 Å². The molecular weight excluding hydrogens is 169 g/mol. The molecule has 0 fully saturated rings. The van der Waals surface area contributed by atoms with Gasteiger partial charge in [-0.2, -0.15) is 0 Å². The van der Waals surface area contributed by atoms with Gasteiger partial charge in [0.1, 0.15) is 0 Å². The molecular formula is C10H12FNO. The Kier molecular flexibility index (Phi) is 2.19. The van der Waals surface area contributed by atoms with Gasteiger partial charge in [0.25, 0.3) is 0 Å². The Labute approximate surface area is 76.5 Å². The van der Waals surface area contributed by atoms with E-state index < -0.39 is 0 Å². The first-order chi connectivity index (χ1) is 6.33. The lowest BCUT2D eigenvalue weighted by molar-refractivity contribution is 0.313. The van der Waals surface area contributed by atoms with Crippen molar-refractivity contribution in [1.29, 1.82) is 0 Å². The number of para-hydroxylation sites is 1. The average Bonchev–Trinajstić information content (AvgIpc) is 2.51. The maximum Gasteiger partial charge on any atom is 0.165 e. The van der Waals surface area contributed by atoms with Crippen molar-refractivity contribution in [1.82, 2.24) is 0 Å². The zero-order valence-electron chi connectivity index (χ0n) is 7.29. The van der Waals surface area contributed by atoms with Gasteiger partial charge < -0.3 is 10.5 Å². The van der Waals surface area contributed by atoms with Gasteiger partial charge in [0.2, 0.25) is 0 Å². The second-order valence-corrected chi connectivity index (χ2v) is 3.24. The molecule has 0 aromatic heterocycles. The summed E-state index contributed by atoms with van der Waals surface area (Å²) < 4.78 is 18.4.